The molecule has 2 aromatic carbocycles. The van der Waals surface area contributed by atoms with Gasteiger partial charge in [-0.15, -0.1) is 0 Å². The van der Waals surface area contributed by atoms with Crippen molar-refractivity contribution in [3.8, 4) is 0 Å². The van der Waals surface area contributed by atoms with Crippen LogP contribution in [0.1, 0.15) is 36.1 Å². The number of nitrogens with one attached hydrogen (secondary N) is 2. The molecule has 0 fully saturated rings. The van der Waals surface area contributed by atoms with E-state index in [2.05, 4.69) is 29.7 Å². The van der Waals surface area contributed by atoms with Crippen molar-refractivity contribution in [1.82, 2.24) is 5.32 Å². The minimum atomic E-state index is 0.0430. The van der Waals surface area contributed by atoms with Gasteiger partial charge in [0.1, 0.15) is 0 Å². The molecule has 22 heavy (non-hydrogen) atoms. The molecule has 0 saturated carbocycles. The number of hydrogen-bond acceptors (Lipinski definition) is 2. The summed E-state index contributed by atoms with van der Waals surface area (Å²) in [4.78, 5) is 12.0. The van der Waals surface area contributed by atoms with Gasteiger partial charge in [0.25, 0.3) is 0 Å². The molecule has 0 aliphatic rings. The molecule has 2 aromatic rings. The molecular formula is C19H24N2O. The van der Waals surface area contributed by atoms with Gasteiger partial charge in [-0.3, -0.25) is 4.79 Å². The average Bonchev–Trinajstić information content (AvgIpc) is 2.52. The summed E-state index contributed by atoms with van der Waals surface area (Å²) >= 11 is 0. The molecule has 0 heterocycles. The molecule has 0 aromatic heterocycles. The van der Waals surface area contributed by atoms with Crippen LogP contribution in [0.4, 0.5) is 5.69 Å². The number of carbonyl (C=O) groups excluding carboxylic acids is 1. The summed E-state index contributed by atoms with van der Waals surface area (Å²) in [6, 6.07) is 16.5. The van der Waals surface area contributed by atoms with Gasteiger partial charge >= 0.3 is 0 Å². The quantitative estimate of drug-likeness (QED) is 0.846. The highest BCUT2D eigenvalue weighted by Gasteiger charge is 2.08. The predicted octanol–water partition coefficient (Wildman–Crippen LogP) is 3.98. The minimum absolute atomic E-state index is 0.0430. The predicted molar refractivity (Wildman–Crippen MR) is 92.0 cm³/mol. The van der Waals surface area contributed by atoms with Crippen LogP contribution in [-0.4, -0.2) is 12.5 Å². The summed E-state index contributed by atoms with van der Waals surface area (Å²) < 4.78 is 0. The minimum Gasteiger partial charge on any atom is -0.326 e. The SMILES string of the molecule is Cc1cccc(NC(=O)CCNC(C)c2ccccc2)c1C. The molecule has 2 N–H and O–H groups in total. The van der Waals surface area contributed by atoms with E-state index in [0.29, 0.717) is 13.0 Å². The largest absolute Gasteiger partial charge is 0.326 e. The maximum atomic E-state index is 12.0. The van der Waals surface area contributed by atoms with E-state index in [-0.39, 0.29) is 11.9 Å². The Morgan fingerprint density at radius 3 is 2.50 bits per heavy atom. The fourth-order valence-corrected chi connectivity index (χ4v) is 2.36. The first-order valence-electron chi connectivity index (χ1n) is 7.72. The third-order valence-electron chi connectivity index (χ3n) is 3.98. The fraction of sp³-hybridized carbons (Fsp3) is 0.316. The Morgan fingerprint density at radius 2 is 1.77 bits per heavy atom. The van der Waals surface area contributed by atoms with E-state index in [9.17, 15) is 4.79 Å². The van der Waals surface area contributed by atoms with Crippen molar-refractivity contribution in [3.05, 3.63) is 65.2 Å². The molecule has 0 aliphatic carbocycles. The fourth-order valence-electron chi connectivity index (χ4n) is 2.36. The van der Waals surface area contributed by atoms with E-state index in [1.807, 2.05) is 50.2 Å². The Balaban J connectivity index is 1.80. The van der Waals surface area contributed by atoms with E-state index < -0.39 is 0 Å². The van der Waals surface area contributed by atoms with E-state index >= 15 is 0 Å². The van der Waals surface area contributed by atoms with Gasteiger partial charge in [-0.05, 0) is 43.5 Å². The van der Waals surface area contributed by atoms with Gasteiger partial charge in [-0.1, -0.05) is 42.5 Å². The lowest BCUT2D eigenvalue weighted by molar-refractivity contribution is -0.116. The maximum absolute atomic E-state index is 12.0. The summed E-state index contributed by atoms with van der Waals surface area (Å²) in [5, 5.41) is 6.37. The molecule has 116 valence electrons. The van der Waals surface area contributed by atoms with Crippen LogP contribution in [0.15, 0.2) is 48.5 Å². The molecule has 2 rings (SSSR count). The summed E-state index contributed by atoms with van der Waals surface area (Å²) in [7, 11) is 0. The Bertz CT molecular complexity index is 623. The Kier molecular flexibility index (Phi) is 5.73. The van der Waals surface area contributed by atoms with E-state index in [1.165, 1.54) is 11.1 Å². The molecule has 3 nitrogen and oxygen atoms in total. The van der Waals surface area contributed by atoms with Crippen molar-refractivity contribution in [3.63, 3.8) is 0 Å². The third kappa shape index (κ3) is 4.43. The second-order valence-electron chi connectivity index (χ2n) is 5.63. The van der Waals surface area contributed by atoms with Crippen LogP contribution < -0.4 is 10.6 Å². The van der Waals surface area contributed by atoms with Crippen LogP contribution in [0.5, 0.6) is 0 Å². The van der Waals surface area contributed by atoms with Gasteiger partial charge in [-0.2, -0.15) is 0 Å². The van der Waals surface area contributed by atoms with Crippen LogP contribution in [0.2, 0.25) is 0 Å². The lowest BCUT2D eigenvalue weighted by Gasteiger charge is -2.14. The van der Waals surface area contributed by atoms with Crippen LogP contribution in [-0.2, 0) is 4.79 Å². The molecule has 1 unspecified atom stereocenters. The van der Waals surface area contributed by atoms with Crippen LogP contribution >= 0.6 is 0 Å². The topological polar surface area (TPSA) is 41.1 Å². The van der Waals surface area contributed by atoms with Gasteiger partial charge in [0.15, 0.2) is 0 Å². The molecule has 0 saturated heterocycles. The highest BCUT2D eigenvalue weighted by atomic mass is 16.1. The van der Waals surface area contributed by atoms with Crippen molar-refractivity contribution in [2.45, 2.75) is 33.2 Å². The zero-order valence-electron chi connectivity index (χ0n) is 13.5. The molecule has 0 aliphatic heterocycles. The van der Waals surface area contributed by atoms with E-state index in [4.69, 9.17) is 0 Å². The van der Waals surface area contributed by atoms with Crippen molar-refractivity contribution in [2.75, 3.05) is 11.9 Å². The molecular weight excluding hydrogens is 272 g/mol. The maximum Gasteiger partial charge on any atom is 0.225 e. The number of anilines is 1. The van der Waals surface area contributed by atoms with Crippen molar-refractivity contribution in [2.24, 2.45) is 0 Å². The number of carbonyl (C=O) groups is 1. The highest BCUT2D eigenvalue weighted by Crippen LogP contribution is 2.18. The van der Waals surface area contributed by atoms with Gasteiger partial charge in [-0.25, -0.2) is 0 Å². The Hall–Kier alpha value is -2.13. The first-order valence-corrected chi connectivity index (χ1v) is 7.72. The molecule has 3 heteroatoms. The molecule has 0 radical (unpaired) electrons. The van der Waals surface area contributed by atoms with Crippen molar-refractivity contribution >= 4 is 11.6 Å². The summed E-state index contributed by atoms with van der Waals surface area (Å²) in [6.07, 6.45) is 0.463. The Labute approximate surface area is 132 Å². The van der Waals surface area contributed by atoms with Crippen LogP contribution in [0.3, 0.4) is 0 Å². The van der Waals surface area contributed by atoms with Crippen LogP contribution in [0, 0.1) is 13.8 Å². The van der Waals surface area contributed by atoms with Crippen LogP contribution in [0.25, 0.3) is 0 Å². The summed E-state index contributed by atoms with van der Waals surface area (Å²) in [6.45, 7) is 6.85. The van der Waals surface area contributed by atoms with E-state index in [0.717, 1.165) is 11.3 Å². The normalized spacial score (nSPS) is 12.0. The first kappa shape index (κ1) is 16.2. The van der Waals surface area contributed by atoms with E-state index in [1.54, 1.807) is 0 Å². The van der Waals surface area contributed by atoms with Gasteiger partial charge in [0, 0.05) is 24.7 Å². The highest BCUT2D eigenvalue weighted by molar-refractivity contribution is 5.91. The number of benzene rings is 2. The third-order valence-corrected chi connectivity index (χ3v) is 3.98. The lowest BCUT2D eigenvalue weighted by atomic mass is 10.1. The zero-order chi connectivity index (χ0) is 15.9. The number of amides is 1. The second kappa shape index (κ2) is 7.76. The molecule has 1 atom stereocenters. The molecule has 0 bridgehead atoms. The van der Waals surface area contributed by atoms with Gasteiger partial charge in [0.2, 0.25) is 5.91 Å². The number of hydrogen-bond donors (Lipinski definition) is 2. The molecule has 1 amide bonds. The number of rotatable bonds is 6. The standard InChI is InChI=1S/C19H24N2O/c1-14-8-7-11-18(15(14)2)21-19(22)12-13-20-16(3)17-9-5-4-6-10-17/h4-11,16,20H,12-13H2,1-3H3,(H,21,22). The smallest absolute Gasteiger partial charge is 0.225 e. The van der Waals surface area contributed by atoms with Gasteiger partial charge < -0.3 is 10.6 Å². The second-order valence-corrected chi connectivity index (χ2v) is 5.63. The first-order chi connectivity index (χ1) is 10.6. The number of aryl methyl sites for hydroxylation is 1. The summed E-state index contributed by atoms with van der Waals surface area (Å²) in [5.41, 5.74) is 4.45. The monoisotopic (exact) mass is 296 g/mol. The average molecular weight is 296 g/mol. The zero-order valence-corrected chi connectivity index (χ0v) is 13.5. The van der Waals surface area contributed by atoms with Gasteiger partial charge in [0.05, 0.1) is 0 Å². The lowest BCUT2D eigenvalue weighted by Crippen LogP contribution is -2.24. The Morgan fingerprint density at radius 1 is 1.05 bits per heavy atom. The molecule has 0 spiro atoms. The van der Waals surface area contributed by atoms with Crippen molar-refractivity contribution < 1.29 is 4.79 Å². The van der Waals surface area contributed by atoms with Crippen molar-refractivity contribution in [1.29, 1.82) is 0 Å². The summed E-state index contributed by atoms with van der Waals surface area (Å²) in [5.74, 6) is 0.0430.